The molecule has 20 heavy (non-hydrogen) atoms. The molecule has 7 heteroatoms. The summed E-state index contributed by atoms with van der Waals surface area (Å²) in [4.78, 5) is 11.3. The first-order valence-electron chi connectivity index (χ1n) is 6.68. The van der Waals surface area contributed by atoms with E-state index < -0.39 is 29.8 Å². The summed E-state index contributed by atoms with van der Waals surface area (Å²) in [5, 5.41) is 12.8. The van der Waals surface area contributed by atoms with Crippen LogP contribution in [0.3, 0.4) is 0 Å². The SMILES string of the molecule is CCC1CCC(C(=O)O)C(n2ccc(C(F)(F)F)n2)C1. The molecule has 2 rings (SSSR count). The lowest BCUT2D eigenvalue weighted by molar-refractivity contribution is -0.145. The van der Waals surface area contributed by atoms with Gasteiger partial charge in [-0.25, -0.2) is 0 Å². The summed E-state index contributed by atoms with van der Waals surface area (Å²) in [5.74, 6) is -1.29. The van der Waals surface area contributed by atoms with Crippen molar-refractivity contribution in [1.29, 1.82) is 0 Å². The first kappa shape index (κ1) is 14.9. The van der Waals surface area contributed by atoms with Crippen molar-refractivity contribution >= 4 is 5.97 Å². The molecule has 112 valence electrons. The van der Waals surface area contributed by atoms with Gasteiger partial charge in [0.05, 0.1) is 12.0 Å². The highest BCUT2D eigenvalue weighted by atomic mass is 19.4. The highest BCUT2D eigenvalue weighted by molar-refractivity contribution is 5.70. The molecule has 1 N–H and O–H groups in total. The van der Waals surface area contributed by atoms with Crippen LogP contribution in [0.1, 0.15) is 44.3 Å². The van der Waals surface area contributed by atoms with Crippen LogP contribution in [0.4, 0.5) is 13.2 Å². The second-order valence-corrected chi connectivity index (χ2v) is 5.28. The Morgan fingerprint density at radius 3 is 2.70 bits per heavy atom. The molecular weight excluding hydrogens is 273 g/mol. The summed E-state index contributed by atoms with van der Waals surface area (Å²) in [7, 11) is 0. The third-order valence-electron chi connectivity index (χ3n) is 4.06. The predicted molar refractivity (Wildman–Crippen MR) is 65.0 cm³/mol. The fraction of sp³-hybridized carbons (Fsp3) is 0.692. The van der Waals surface area contributed by atoms with Gasteiger partial charge in [-0.2, -0.15) is 18.3 Å². The van der Waals surface area contributed by atoms with E-state index >= 15 is 0 Å². The molecule has 1 heterocycles. The van der Waals surface area contributed by atoms with E-state index in [4.69, 9.17) is 0 Å². The first-order chi connectivity index (χ1) is 9.32. The molecule has 4 nitrogen and oxygen atoms in total. The van der Waals surface area contributed by atoms with Gasteiger partial charge in [0, 0.05) is 6.20 Å². The molecule has 0 saturated heterocycles. The van der Waals surface area contributed by atoms with Gasteiger partial charge in [0.25, 0.3) is 0 Å². The van der Waals surface area contributed by atoms with E-state index in [9.17, 15) is 23.1 Å². The van der Waals surface area contributed by atoms with Crippen molar-refractivity contribution in [3.05, 3.63) is 18.0 Å². The third-order valence-corrected chi connectivity index (χ3v) is 4.06. The van der Waals surface area contributed by atoms with Crippen molar-refractivity contribution in [2.24, 2.45) is 11.8 Å². The topological polar surface area (TPSA) is 55.1 Å². The van der Waals surface area contributed by atoms with E-state index in [0.29, 0.717) is 18.8 Å². The van der Waals surface area contributed by atoms with Crippen molar-refractivity contribution in [2.45, 2.75) is 44.8 Å². The Morgan fingerprint density at radius 1 is 1.50 bits per heavy atom. The molecule has 0 aliphatic heterocycles. The number of carbonyl (C=O) groups is 1. The van der Waals surface area contributed by atoms with Crippen molar-refractivity contribution < 1.29 is 23.1 Å². The van der Waals surface area contributed by atoms with Crippen LogP contribution in [0.2, 0.25) is 0 Å². The lowest BCUT2D eigenvalue weighted by atomic mass is 9.77. The lowest BCUT2D eigenvalue weighted by Crippen LogP contribution is -2.33. The molecule has 1 aliphatic rings. The van der Waals surface area contributed by atoms with Gasteiger partial charge < -0.3 is 5.11 Å². The van der Waals surface area contributed by atoms with Gasteiger partial charge in [0.2, 0.25) is 0 Å². The molecule has 0 radical (unpaired) electrons. The predicted octanol–water partition coefficient (Wildman–Crippen LogP) is 3.35. The Hall–Kier alpha value is -1.53. The minimum Gasteiger partial charge on any atom is -0.481 e. The van der Waals surface area contributed by atoms with Gasteiger partial charge >= 0.3 is 12.1 Å². The van der Waals surface area contributed by atoms with Crippen molar-refractivity contribution in [2.75, 3.05) is 0 Å². The van der Waals surface area contributed by atoms with Crippen LogP contribution in [0.15, 0.2) is 12.3 Å². The summed E-state index contributed by atoms with van der Waals surface area (Å²) >= 11 is 0. The summed E-state index contributed by atoms with van der Waals surface area (Å²) < 4.78 is 38.9. The third kappa shape index (κ3) is 2.96. The van der Waals surface area contributed by atoms with E-state index in [1.807, 2.05) is 6.92 Å². The zero-order valence-electron chi connectivity index (χ0n) is 11.1. The molecule has 0 aromatic carbocycles. The fourth-order valence-electron chi connectivity index (χ4n) is 2.86. The Labute approximate surface area is 114 Å². The molecule has 0 spiro atoms. The maximum absolute atomic E-state index is 12.6. The Balaban J connectivity index is 2.26. The number of carboxylic acids is 1. The van der Waals surface area contributed by atoms with Crippen LogP contribution in [0, 0.1) is 11.8 Å². The van der Waals surface area contributed by atoms with E-state index in [1.54, 1.807) is 0 Å². The molecule has 1 aromatic heterocycles. The number of aromatic nitrogens is 2. The Kier molecular flexibility index (Phi) is 4.06. The van der Waals surface area contributed by atoms with Crippen LogP contribution in [0.25, 0.3) is 0 Å². The van der Waals surface area contributed by atoms with Gasteiger partial charge in [-0.15, -0.1) is 0 Å². The quantitative estimate of drug-likeness (QED) is 0.928. The monoisotopic (exact) mass is 290 g/mol. The molecular formula is C13H17F3N2O2. The summed E-state index contributed by atoms with van der Waals surface area (Å²) in [6, 6.07) is 0.399. The van der Waals surface area contributed by atoms with Crippen molar-refractivity contribution in [1.82, 2.24) is 9.78 Å². The molecule has 1 fully saturated rings. The highest BCUT2D eigenvalue weighted by Gasteiger charge is 2.38. The second kappa shape index (κ2) is 5.46. The summed E-state index contributed by atoms with van der Waals surface area (Å²) in [6.45, 7) is 2.01. The van der Waals surface area contributed by atoms with E-state index in [-0.39, 0.29) is 0 Å². The van der Waals surface area contributed by atoms with Crippen LogP contribution in [-0.4, -0.2) is 20.9 Å². The average Bonchev–Trinajstić information content (AvgIpc) is 2.87. The maximum atomic E-state index is 12.6. The minimum absolute atomic E-state index is 0.342. The smallest absolute Gasteiger partial charge is 0.435 e. The number of aliphatic carboxylic acids is 1. The zero-order valence-corrected chi connectivity index (χ0v) is 11.1. The van der Waals surface area contributed by atoms with Gasteiger partial charge in [-0.3, -0.25) is 9.48 Å². The minimum atomic E-state index is -4.50. The number of nitrogens with zero attached hydrogens (tertiary/aromatic N) is 2. The number of hydrogen-bond donors (Lipinski definition) is 1. The maximum Gasteiger partial charge on any atom is 0.435 e. The average molecular weight is 290 g/mol. The summed E-state index contributed by atoms with van der Waals surface area (Å²) in [6.07, 6.45) is -0.510. The normalized spacial score (nSPS) is 27.5. The molecule has 1 aromatic rings. The van der Waals surface area contributed by atoms with E-state index in [2.05, 4.69) is 5.10 Å². The van der Waals surface area contributed by atoms with Gasteiger partial charge in [-0.1, -0.05) is 13.3 Å². The van der Waals surface area contributed by atoms with Crippen molar-refractivity contribution in [3.63, 3.8) is 0 Å². The Morgan fingerprint density at radius 2 is 2.20 bits per heavy atom. The molecule has 1 aliphatic carbocycles. The molecule has 3 atom stereocenters. The number of hydrogen-bond acceptors (Lipinski definition) is 2. The Bertz CT molecular complexity index is 484. The lowest BCUT2D eigenvalue weighted by Gasteiger charge is -2.33. The van der Waals surface area contributed by atoms with Crippen LogP contribution >= 0.6 is 0 Å². The highest BCUT2D eigenvalue weighted by Crippen LogP contribution is 2.39. The van der Waals surface area contributed by atoms with Gasteiger partial charge in [0.1, 0.15) is 0 Å². The number of halogens is 3. The number of rotatable bonds is 3. The second-order valence-electron chi connectivity index (χ2n) is 5.28. The summed E-state index contributed by atoms with van der Waals surface area (Å²) in [5.41, 5.74) is -0.972. The zero-order chi connectivity index (χ0) is 14.9. The van der Waals surface area contributed by atoms with Crippen LogP contribution in [-0.2, 0) is 11.0 Å². The van der Waals surface area contributed by atoms with Gasteiger partial charge in [0.15, 0.2) is 5.69 Å². The molecule has 0 amide bonds. The van der Waals surface area contributed by atoms with E-state index in [0.717, 1.165) is 18.9 Å². The number of alkyl halides is 3. The molecule has 0 bridgehead atoms. The first-order valence-corrected chi connectivity index (χ1v) is 6.68. The van der Waals surface area contributed by atoms with Gasteiger partial charge in [-0.05, 0) is 31.2 Å². The fourth-order valence-corrected chi connectivity index (χ4v) is 2.86. The molecule has 1 saturated carbocycles. The van der Waals surface area contributed by atoms with Crippen molar-refractivity contribution in [3.8, 4) is 0 Å². The number of carboxylic acid groups (broad SMARTS) is 1. The largest absolute Gasteiger partial charge is 0.481 e. The standard InChI is InChI=1S/C13H17F3N2O2/c1-2-8-3-4-9(12(19)20)10(7-8)18-6-5-11(17-18)13(14,15)16/h5-6,8-10H,2-4,7H2,1H3,(H,19,20). The molecule has 3 unspecified atom stereocenters. The van der Waals surface area contributed by atoms with Crippen LogP contribution in [0.5, 0.6) is 0 Å². The van der Waals surface area contributed by atoms with E-state index in [1.165, 1.54) is 10.9 Å². The van der Waals surface area contributed by atoms with Crippen LogP contribution < -0.4 is 0 Å².